The highest BCUT2D eigenvalue weighted by molar-refractivity contribution is 5.97. The molecule has 2 aromatic carbocycles. The molecule has 1 atom stereocenters. The number of phenols is 1. The second kappa shape index (κ2) is 3.25. The molecule has 1 aliphatic heterocycles. The predicted octanol–water partition coefficient (Wildman–Crippen LogP) is 2.30. The molecule has 16 heavy (non-hydrogen) atoms. The zero-order chi connectivity index (χ0) is 11.1. The molecular weight excluding hydrogens is 202 g/mol. The molecule has 0 aromatic heterocycles. The molecule has 0 fully saturated rings. The number of aliphatic hydroxyl groups is 1. The van der Waals surface area contributed by atoms with Crippen molar-refractivity contribution in [3.63, 3.8) is 0 Å². The van der Waals surface area contributed by atoms with Crippen molar-refractivity contribution in [2.45, 2.75) is 6.23 Å². The Morgan fingerprint density at radius 1 is 1.12 bits per heavy atom. The fourth-order valence-corrected chi connectivity index (χ4v) is 2.03. The number of aliphatic hydroxyl groups excluding tert-OH is 1. The van der Waals surface area contributed by atoms with Crippen LogP contribution in [0.2, 0.25) is 0 Å². The number of aromatic hydroxyl groups is 1. The molecule has 0 spiro atoms. The van der Waals surface area contributed by atoms with Gasteiger partial charge in [0.2, 0.25) is 0 Å². The van der Waals surface area contributed by atoms with E-state index in [4.69, 9.17) is 0 Å². The van der Waals surface area contributed by atoms with Crippen molar-refractivity contribution in [1.82, 2.24) is 0 Å². The van der Waals surface area contributed by atoms with Gasteiger partial charge in [-0.3, -0.25) is 0 Å². The zero-order valence-corrected chi connectivity index (χ0v) is 8.51. The first kappa shape index (κ1) is 9.24. The van der Waals surface area contributed by atoms with Crippen molar-refractivity contribution in [2.24, 2.45) is 0 Å². The predicted molar refractivity (Wildman–Crippen MR) is 64.3 cm³/mol. The molecule has 0 bridgehead atoms. The number of hydrogen-bond acceptors (Lipinski definition) is 3. The van der Waals surface area contributed by atoms with Crippen LogP contribution in [0.15, 0.2) is 36.4 Å². The molecule has 3 nitrogen and oxygen atoms in total. The summed E-state index contributed by atoms with van der Waals surface area (Å²) in [5.41, 5.74) is 1.88. The lowest BCUT2D eigenvalue weighted by Gasteiger charge is -2.19. The molecule has 3 N–H and O–H groups in total. The summed E-state index contributed by atoms with van der Waals surface area (Å²) in [6.45, 7) is 0. The van der Waals surface area contributed by atoms with E-state index >= 15 is 0 Å². The normalized spacial score (nSPS) is 18.2. The number of fused-ring (bicyclic) bond motifs is 3. The van der Waals surface area contributed by atoms with Gasteiger partial charge in [-0.05, 0) is 35.0 Å². The van der Waals surface area contributed by atoms with Crippen LogP contribution in [0, 0.1) is 0 Å². The van der Waals surface area contributed by atoms with Gasteiger partial charge in [-0.2, -0.15) is 0 Å². The molecule has 0 aliphatic carbocycles. The van der Waals surface area contributed by atoms with E-state index in [1.54, 1.807) is 18.2 Å². The van der Waals surface area contributed by atoms with Crippen LogP contribution < -0.4 is 5.32 Å². The number of rotatable bonds is 0. The molecular formula is C13H11NO2. The van der Waals surface area contributed by atoms with Gasteiger partial charge < -0.3 is 15.5 Å². The molecule has 3 heteroatoms. The minimum atomic E-state index is -0.637. The smallest absolute Gasteiger partial charge is 0.144 e. The summed E-state index contributed by atoms with van der Waals surface area (Å²) in [5.74, 6) is 0.250. The minimum absolute atomic E-state index is 0.250. The van der Waals surface area contributed by atoms with E-state index in [0.29, 0.717) is 0 Å². The van der Waals surface area contributed by atoms with Gasteiger partial charge in [0.1, 0.15) is 12.0 Å². The summed E-state index contributed by atoms with van der Waals surface area (Å²) in [6.07, 6.45) is 2.92. The van der Waals surface area contributed by atoms with Crippen LogP contribution in [-0.4, -0.2) is 16.4 Å². The van der Waals surface area contributed by atoms with Crippen LogP contribution in [-0.2, 0) is 0 Å². The highest BCUT2D eigenvalue weighted by Crippen LogP contribution is 2.32. The molecule has 1 heterocycles. The number of benzene rings is 2. The fraction of sp³-hybridized carbons (Fsp3) is 0.0769. The van der Waals surface area contributed by atoms with E-state index in [0.717, 1.165) is 22.0 Å². The van der Waals surface area contributed by atoms with Crippen molar-refractivity contribution in [1.29, 1.82) is 0 Å². The Bertz CT molecular complexity index is 590. The van der Waals surface area contributed by atoms with E-state index in [1.165, 1.54) is 0 Å². The van der Waals surface area contributed by atoms with Crippen molar-refractivity contribution < 1.29 is 10.2 Å². The number of phenolic OH excluding ortho intramolecular Hbond substituents is 1. The molecule has 3 rings (SSSR count). The Morgan fingerprint density at radius 2 is 1.94 bits per heavy atom. The SMILES string of the molecule is Oc1ccc2ccc3c(c2c1)C=CC(O)N3. The summed E-state index contributed by atoms with van der Waals surface area (Å²) in [4.78, 5) is 0. The molecule has 0 saturated heterocycles. The van der Waals surface area contributed by atoms with Crippen LogP contribution in [0.25, 0.3) is 16.8 Å². The second-order valence-corrected chi connectivity index (χ2v) is 3.88. The molecule has 0 amide bonds. The maximum Gasteiger partial charge on any atom is 0.144 e. The first-order valence-electron chi connectivity index (χ1n) is 5.12. The summed E-state index contributed by atoms with van der Waals surface area (Å²) >= 11 is 0. The lowest BCUT2D eigenvalue weighted by molar-refractivity contribution is 0.252. The second-order valence-electron chi connectivity index (χ2n) is 3.88. The Hall–Kier alpha value is -2.00. The standard InChI is InChI=1S/C13H11NO2/c15-9-3-1-8-2-5-12-10(11(8)7-9)4-6-13(16)14-12/h1-7,13-16H. The average molecular weight is 213 g/mol. The maximum atomic E-state index is 9.49. The van der Waals surface area contributed by atoms with Gasteiger partial charge in [-0.15, -0.1) is 0 Å². The van der Waals surface area contributed by atoms with Gasteiger partial charge in [-0.25, -0.2) is 0 Å². The average Bonchev–Trinajstić information content (AvgIpc) is 2.28. The van der Waals surface area contributed by atoms with Crippen molar-refractivity contribution in [3.05, 3.63) is 42.0 Å². The van der Waals surface area contributed by atoms with Crippen molar-refractivity contribution >= 4 is 22.5 Å². The third-order valence-electron chi connectivity index (χ3n) is 2.80. The highest BCUT2D eigenvalue weighted by atomic mass is 16.3. The van der Waals surface area contributed by atoms with E-state index in [9.17, 15) is 10.2 Å². The first-order chi connectivity index (χ1) is 7.74. The van der Waals surface area contributed by atoms with Gasteiger partial charge in [0, 0.05) is 11.3 Å². The molecule has 2 aromatic rings. The molecule has 0 radical (unpaired) electrons. The topological polar surface area (TPSA) is 52.5 Å². The van der Waals surface area contributed by atoms with Crippen LogP contribution in [0.1, 0.15) is 5.56 Å². The Labute approximate surface area is 92.7 Å². The van der Waals surface area contributed by atoms with Gasteiger partial charge >= 0.3 is 0 Å². The summed E-state index contributed by atoms with van der Waals surface area (Å²) in [5, 5.41) is 23.9. The maximum absolute atomic E-state index is 9.49. The largest absolute Gasteiger partial charge is 0.508 e. The van der Waals surface area contributed by atoms with E-state index in [1.807, 2.05) is 24.3 Å². The third kappa shape index (κ3) is 1.33. The quantitative estimate of drug-likeness (QED) is 0.629. The molecule has 80 valence electrons. The van der Waals surface area contributed by atoms with Crippen LogP contribution >= 0.6 is 0 Å². The minimum Gasteiger partial charge on any atom is -0.508 e. The molecule has 1 aliphatic rings. The van der Waals surface area contributed by atoms with Crippen molar-refractivity contribution in [2.75, 3.05) is 5.32 Å². The molecule has 1 unspecified atom stereocenters. The van der Waals surface area contributed by atoms with Crippen molar-refractivity contribution in [3.8, 4) is 5.75 Å². The van der Waals surface area contributed by atoms with Crippen LogP contribution in [0.4, 0.5) is 5.69 Å². The lowest BCUT2D eigenvalue weighted by atomic mass is 10.00. The Kier molecular flexibility index (Phi) is 1.88. The number of hydrogen-bond donors (Lipinski definition) is 3. The van der Waals surface area contributed by atoms with Crippen LogP contribution in [0.3, 0.4) is 0 Å². The Morgan fingerprint density at radius 3 is 2.81 bits per heavy atom. The molecule has 0 saturated carbocycles. The van der Waals surface area contributed by atoms with E-state index < -0.39 is 6.23 Å². The van der Waals surface area contributed by atoms with Gasteiger partial charge in [0.15, 0.2) is 0 Å². The Balaban J connectivity index is 2.33. The van der Waals surface area contributed by atoms with Gasteiger partial charge in [0.25, 0.3) is 0 Å². The zero-order valence-electron chi connectivity index (χ0n) is 8.51. The van der Waals surface area contributed by atoms with Gasteiger partial charge in [-0.1, -0.05) is 18.2 Å². The van der Waals surface area contributed by atoms with E-state index in [2.05, 4.69) is 5.32 Å². The monoisotopic (exact) mass is 213 g/mol. The number of anilines is 1. The summed E-state index contributed by atoms with van der Waals surface area (Å²) in [6, 6.07) is 9.18. The van der Waals surface area contributed by atoms with Crippen LogP contribution in [0.5, 0.6) is 5.75 Å². The highest BCUT2D eigenvalue weighted by Gasteiger charge is 2.12. The van der Waals surface area contributed by atoms with E-state index in [-0.39, 0.29) is 5.75 Å². The lowest BCUT2D eigenvalue weighted by Crippen LogP contribution is -2.18. The fourth-order valence-electron chi connectivity index (χ4n) is 2.03. The summed E-state index contributed by atoms with van der Waals surface area (Å²) in [7, 11) is 0. The first-order valence-corrected chi connectivity index (χ1v) is 5.12. The number of nitrogens with one attached hydrogen (secondary N) is 1. The third-order valence-corrected chi connectivity index (χ3v) is 2.80. The summed E-state index contributed by atoms with van der Waals surface area (Å²) < 4.78 is 0. The van der Waals surface area contributed by atoms with Gasteiger partial charge in [0.05, 0.1) is 0 Å².